The average Bonchev–Trinajstić information content (AvgIpc) is 2.85. The SMILES string of the molecule is CCOC(=O)C1=C(C)N(Cc2cccc(C(=O)N3CC(C)OC(C)C3)c2)C(=O)CC1c1cccc(Cl)c1. The number of carbonyl (C=O) groups is 3. The Balaban J connectivity index is 1.62. The standard InChI is InChI=1S/C29H33ClN2O5/c1-5-36-29(35)27-20(4)32(26(33)14-25(27)22-9-7-11-24(30)13-22)17-21-8-6-10-23(12-21)28(34)31-15-18(2)37-19(3)16-31/h6-13,18-19,25H,5,14-17H2,1-4H3. The number of rotatable bonds is 6. The third-order valence-electron chi connectivity index (χ3n) is 6.79. The maximum atomic E-state index is 13.4. The Morgan fingerprint density at radius 3 is 2.46 bits per heavy atom. The van der Waals surface area contributed by atoms with Gasteiger partial charge in [0.05, 0.1) is 30.9 Å². The summed E-state index contributed by atoms with van der Waals surface area (Å²) in [6.07, 6.45) is 0.0698. The molecular formula is C29H33ClN2O5. The van der Waals surface area contributed by atoms with Gasteiger partial charge in [-0.1, -0.05) is 35.9 Å². The molecule has 1 saturated heterocycles. The lowest BCUT2D eigenvalue weighted by Gasteiger charge is -2.35. The third-order valence-corrected chi connectivity index (χ3v) is 7.03. The fourth-order valence-corrected chi connectivity index (χ4v) is 5.40. The van der Waals surface area contributed by atoms with Gasteiger partial charge in [0.25, 0.3) is 5.91 Å². The number of morpholine rings is 1. The highest BCUT2D eigenvalue weighted by Crippen LogP contribution is 2.38. The van der Waals surface area contributed by atoms with Crippen molar-refractivity contribution in [2.75, 3.05) is 19.7 Å². The Hall–Kier alpha value is -3.16. The first kappa shape index (κ1) is 26.9. The summed E-state index contributed by atoms with van der Waals surface area (Å²) in [6, 6.07) is 14.5. The largest absolute Gasteiger partial charge is 0.463 e. The maximum absolute atomic E-state index is 13.4. The van der Waals surface area contributed by atoms with Crippen molar-refractivity contribution < 1.29 is 23.9 Å². The molecule has 2 aromatic rings. The molecule has 196 valence electrons. The van der Waals surface area contributed by atoms with Crippen LogP contribution in [0.3, 0.4) is 0 Å². The number of esters is 1. The van der Waals surface area contributed by atoms with Crippen LogP contribution in [0.2, 0.25) is 5.02 Å². The van der Waals surface area contributed by atoms with Crippen LogP contribution in [-0.2, 0) is 25.6 Å². The van der Waals surface area contributed by atoms with Crippen LogP contribution < -0.4 is 0 Å². The molecule has 0 aliphatic carbocycles. The minimum absolute atomic E-state index is 0.0246. The molecule has 8 heteroatoms. The first-order chi connectivity index (χ1) is 17.7. The fourth-order valence-electron chi connectivity index (χ4n) is 5.20. The van der Waals surface area contributed by atoms with Crippen LogP contribution in [0, 0.1) is 0 Å². The zero-order chi connectivity index (χ0) is 26.7. The zero-order valence-electron chi connectivity index (χ0n) is 21.7. The van der Waals surface area contributed by atoms with Gasteiger partial charge in [0.2, 0.25) is 5.91 Å². The van der Waals surface area contributed by atoms with Crippen LogP contribution in [0.25, 0.3) is 0 Å². The normalized spacial score (nSPS) is 22.3. The Labute approximate surface area is 223 Å². The van der Waals surface area contributed by atoms with Crippen molar-refractivity contribution in [1.82, 2.24) is 9.80 Å². The third kappa shape index (κ3) is 6.05. The topological polar surface area (TPSA) is 76.2 Å². The van der Waals surface area contributed by atoms with E-state index in [1.807, 2.05) is 49.1 Å². The molecule has 0 saturated carbocycles. The van der Waals surface area contributed by atoms with Crippen molar-refractivity contribution in [3.63, 3.8) is 0 Å². The van der Waals surface area contributed by atoms with Gasteiger partial charge < -0.3 is 19.3 Å². The molecule has 0 aromatic heterocycles. The van der Waals surface area contributed by atoms with E-state index in [4.69, 9.17) is 21.1 Å². The second kappa shape index (κ2) is 11.5. The minimum atomic E-state index is -0.445. The van der Waals surface area contributed by atoms with E-state index in [1.165, 1.54) is 0 Å². The molecule has 0 N–H and O–H groups in total. The minimum Gasteiger partial charge on any atom is -0.463 e. The molecule has 0 radical (unpaired) electrons. The molecule has 37 heavy (non-hydrogen) atoms. The Bertz CT molecular complexity index is 1220. The molecule has 2 aromatic carbocycles. The van der Waals surface area contributed by atoms with Crippen LogP contribution in [-0.4, -0.2) is 59.5 Å². The summed E-state index contributed by atoms with van der Waals surface area (Å²) in [7, 11) is 0. The highest BCUT2D eigenvalue weighted by Gasteiger charge is 2.37. The quantitative estimate of drug-likeness (QED) is 0.500. The van der Waals surface area contributed by atoms with E-state index in [9.17, 15) is 14.4 Å². The highest BCUT2D eigenvalue weighted by molar-refractivity contribution is 6.30. The van der Waals surface area contributed by atoms with E-state index >= 15 is 0 Å². The summed E-state index contributed by atoms with van der Waals surface area (Å²) >= 11 is 6.21. The van der Waals surface area contributed by atoms with Crippen molar-refractivity contribution in [3.05, 3.63) is 81.5 Å². The zero-order valence-corrected chi connectivity index (χ0v) is 22.5. The molecule has 4 rings (SSSR count). The fraction of sp³-hybridized carbons (Fsp3) is 0.414. The molecule has 0 spiro atoms. The lowest BCUT2D eigenvalue weighted by Crippen LogP contribution is -2.48. The van der Waals surface area contributed by atoms with Crippen molar-refractivity contribution in [2.45, 2.75) is 58.8 Å². The molecule has 2 aliphatic rings. The van der Waals surface area contributed by atoms with Crippen molar-refractivity contribution >= 4 is 29.4 Å². The molecule has 1 fully saturated rings. The second-order valence-electron chi connectivity index (χ2n) is 9.68. The van der Waals surface area contributed by atoms with Crippen molar-refractivity contribution in [2.24, 2.45) is 0 Å². The van der Waals surface area contributed by atoms with Gasteiger partial charge in [-0.15, -0.1) is 0 Å². The lowest BCUT2D eigenvalue weighted by atomic mass is 9.83. The molecule has 2 heterocycles. The van der Waals surface area contributed by atoms with Gasteiger partial charge in [0.15, 0.2) is 0 Å². The van der Waals surface area contributed by atoms with E-state index in [2.05, 4.69) is 0 Å². The van der Waals surface area contributed by atoms with Gasteiger partial charge in [-0.05, 0) is 63.1 Å². The number of amides is 2. The van der Waals surface area contributed by atoms with E-state index in [0.29, 0.717) is 34.9 Å². The number of nitrogens with zero attached hydrogens (tertiary/aromatic N) is 2. The number of ether oxygens (including phenoxy) is 2. The van der Waals surface area contributed by atoms with Gasteiger partial charge in [-0.25, -0.2) is 4.79 Å². The van der Waals surface area contributed by atoms with Crippen LogP contribution in [0.15, 0.2) is 59.8 Å². The van der Waals surface area contributed by atoms with E-state index in [0.717, 1.165) is 11.1 Å². The van der Waals surface area contributed by atoms with Gasteiger partial charge in [0, 0.05) is 41.7 Å². The average molecular weight is 525 g/mol. The van der Waals surface area contributed by atoms with Crippen LogP contribution >= 0.6 is 11.6 Å². The molecule has 0 bridgehead atoms. The number of allylic oxidation sites excluding steroid dienone is 1. The number of carbonyl (C=O) groups excluding carboxylic acids is 3. The number of hydrogen-bond acceptors (Lipinski definition) is 5. The molecule has 7 nitrogen and oxygen atoms in total. The van der Waals surface area contributed by atoms with E-state index in [-0.39, 0.29) is 43.6 Å². The summed E-state index contributed by atoms with van der Waals surface area (Å²) in [4.78, 5) is 43.0. The maximum Gasteiger partial charge on any atom is 0.336 e. The molecule has 3 atom stereocenters. The number of benzene rings is 2. The van der Waals surface area contributed by atoms with Crippen LogP contribution in [0.4, 0.5) is 0 Å². The predicted molar refractivity (Wildman–Crippen MR) is 141 cm³/mol. The van der Waals surface area contributed by atoms with Gasteiger partial charge in [-0.3, -0.25) is 9.59 Å². The first-order valence-corrected chi connectivity index (χ1v) is 13.0. The number of halogens is 1. The first-order valence-electron chi connectivity index (χ1n) is 12.6. The van der Waals surface area contributed by atoms with Crippen molar-refractivity contribution in [1.29, 1.82) is 0 Å². The van der Waals surface area contributed by atoms with Crippen LogP contribution in [0.1, 0.15) is 61.5 Å². The van der Waals surface area contributed by atoms with E-state index in [1.54, 1.807) is 36.9 Å². The second-order valence-corrected chi connectivity index (χ2v) is 10.1. The number of hydrogen-bond donors (Lipinski definition) is 0. The molecular weight excluding hydrogens is 492 g/mol. The summed E-state index contributed by atoms with van der Waals surface area (Å²) in [5.74, 6) is -1.06. The predicted octanol–water partition coefficient (Wildman–Crippen LogP) is 4.94. The summed E-state index contributed by atoms with van der Waals surface area (Å²) in [5.41, 5.74) is 3.16. The smallest absolute Gasteiger partial charge is 0.336 e. The summed E-state index contributed by atoms with van der Waals surface area (Å²) < 4.78 is 11.1. The highest BCUT2D eigenvalue weighted by atomic mass is 35.5. The molecule has 2 amide bonds. The summed E-state index contributed by atoms with van der Waals surface area (Å²) in [5, 5.41) is 0.541. The Morgan fingerprint density at radius 2 is 1.78 bits per heavy atom. The van der Waals surface area contributed by atoms with Gasteiger partial charge in [-0.2, -0.15) is 0 Å². The van der Waals surface area contributed by atoms with Gasteiger partial charge in [0.1, 0.15) is 0 Å². The summed E-state index contributed by atoms with van der Waals surface area (Å²) in [6.45, 7) is 8.99. The van der Waals surface area contributed by atoms with Gasteiger partial charge >= 0.3 is 5.97 Å². The Morgan fingerprint density at radius 1 is 1.08 bits per heavy atom. The monoisotopic (exact) mass is 524 g/mol. The van der Waals surface area contributed by atoms with Crippen molar-refractivity contribution in [3.8, 4) is 0 Å². The van der Waals surface area contributed by atoms with Crippen LogP contribution in [0.5, 0.6) is 0 Å². The lowest BCUT2D eigenvalue weighted by molar-refractivity contribution is -0.140. The Kier molecular flexibility index (Phi) is 8.35. The molecule has 2 aliphatic heterocycles. The van der Waals surface area contributed by atoms with E-state index < -0.39 is 11.9 Å². The molecule has 3 unspecified atom stereocenters.